The van der Waals surface area contributed by atoms with Crippen molar-refractivity contribution in [1.29, 1.82) is 0 Å². The molecule has 0 bridgehead atoms. The lowest BCUT2D eigenvalue weighted by Crippen LogP contribution is -2.47. The van der Waals surface area contributed by atoms with Gasteiger partial charge in [0.25, 0.3) is 0 Å². The topological polar surface area (TPSA) is 62.4 Å². The molecule has 0 aromatic carbocycles. The summed E-state index contributed by atoms with van der Waals surface area (Å²) in [5, 5.41) is 10.2. The van der Waals surface area contributed by atoms with E-state index in [0.717, 1.165) is 36.3 Å². The first-order valence-corrected chi connectivity index (χ1v) is 6.54. The molecule has 1 fully saturated rings. The number of nitrogens with zero attached hydrogens (tertiary/aromatic N) is 2. The molecule has 1 aromatic rings. The van der Waals surface area contributed by atoms with E-state index in [4.69, 9.17) is 18.0 Å². The number of pyridine rings is 1. The zero-order chi connectivity index (χ0) is 13.3. The fourth-order valence-corrected chi connectivity index (χ4v) is 2.74. The first kappa shape index (κ1) is 13.2. The lowest BCUT2D eigenvalue weighted by atomic mass is 9.94. The van der Waals surface area contributed by atoms with Crippen molar-refractivity contribution in [3.63, 3.8) is 0 Å². The Kier molecular flexibility index (Phi) is 3.54. The van der Waals surface area contributed by atoms with Crippen LogP contribution in [0, 0.1) is 6.92 Å². The number of piperidine rings is 1. The van der Waals surface area contributed by atoms with Gasteiger partial charge in [-0.1, -0.05) is 12.2 Å². The maximum atomic E-state index is 10.2. The highest BCUT2D eigenvalue weighted by atomic mass is 32.1. The molecule has 2 heterocycles. The molecular weight excluding hydrogens is 246 g/mol. The van der Waals surface area contributed by atoms with Gasteiger partial charge in [0, 0.05) is 19.3 Å². The highest BCUT2D eigenvalue weighted by Crippen LogP contribution is 2.27. The minimum Gasteiger partial charge on any atom is -0.389 e. The van der Waals surface area contributed by atoms with Crippen LogP contribution in [0.15, 0.2) is 12.3 Å². The third kappa shape index (κ3) is 2.62. The largest absolute Gasteiger partial charge is 0.389 e. The summed E-state index contributed by atoms with van der Waals surface area (Å²) in [7, 11) is 0. The molecule has 0 aliphatic carbocycles. The van der Waals surface area contributed by atoms with Crippen molar-refractivity contribution in [2.24, 2.45) is 5.73 Å². The van der Waals surface area contributed by atoms with Crippen molar-refractivity contribution < 1.29 is 5.11 Å². The molecule has 98 valence electrons. The van der Waals surface area contributed by atoms with E-state index >= 15 is 0 Å². The number of hydrogen-bond acceptors (Lipinski definition) is 4. The summed E-state index contributed by atoms with van der Waals surface area (Å²) >= 11 is 5.11. The normalized spacial score (nSPS) is 24.1. The van der Waals surface area contributed by atoms with E-state index in [1.165, 1.54) is 0 Å². The van der Waals surface area contributed by atoms with Gasteiger partial charge in [-0.15, -0.1) is 0 Å². The zero-order valence-electron chi connectivity index (χ0n) is 10.8. The molecule has 1 unspecified atom stereocenters. The van der Waals surface area contributed by atoms with E-state index < -0.39 is 5.60 Å². The number of aliphatic hydroxyl groups is 1. The van der Waals surface area contributed by atoms with Gasteiger partial charge in [-0.25, -0.2) is 4.98 Å². The molecule has 5 heteroatoms. The maximum Gasteiger partial charge on any atom is 0.139 e. The molecule has 3 N–H and O–H groups in total. The molecule has 4 nitrogen and oxygen atoms in total. The van der Waals surface area contributed by atoms with Gasteiger partial charge in [0.2, 0.25) is 0 Å². The second kappa shape index (κ2) is 4.82. The van der Waals surface area contributed by atoms with E-state index in [1.807, 2.05) is 19.9 Å². The monoisotopic (exact) mass is 265 g/mol. The molecule has 2 rings (SSSR count). The van der Waals surface area contributed by atoms with E-state index in [1.54, 1.807) is 6.20 Å². The summed E-state index contributed by atoms with van der Waals surface area (Å²) in [6, 6.07) is 1.90. The summed E-state index contributed by atoms with van der Waals surface area (Å²) in [6.45, 7) is 5.28. The van der Waals surface area contributed by atoms with Crippen molar-refractivity contribution >= 4 is 23.0 Å². The quantitative estimate of drug-likeness (QED) is 0.791. The van der Waals surface area contributed by atoms with E-state index in [2.05, 4.69) is 9.88 Å². The summed E-state index contributed by atoms with van der Waals surface area (Å²) in [6.07, 6.45) is 3.52. The van der Waals surface area contributed by atoms with Gasteiger partial charge < -0.3 is 15.7 Å². The predicted molar refractivity (Wildman–Crippen MR) is 76.9 cm³/mol. The van der Waals surface area contributed by atoms with Crippen LogP contribution in [-0.2, 0) is 0 Å². The van der Waals surface area contributed by atoms with Crippen LogP contribution in [0.25, 0.3) is 0 Å². The summed E-state index contributed by atoms with van der Waals surface area (Å²) in [5.41, 5.74) is 6.97. The Hall–Kier alpha value is -1.20. The minimum absolute atomic E-state index is 0.362. The molecule has 18 heavy (non-hydrogen) atoms. The number of aryl methyl sites for hydroxylation is 1. The molecule has 1 aliphatic rings. The molecule has 0 spiro atoms. The Bertz CT molecular complexity index is 473. The maximum absolute atomic E-state index is 10.2. The van der Waals surface area contributed by atoms with Crippen molar-refractivity contribution in [1.82, 2.24) is 4.98 Å². The molecular formula is C13H19N3OS. The number of rotatable bonds is 2. The Morgan fingerprint density at radius 3 is 2.94 bits per heavy atom. The molecule has 1 saturated heterocycles. The van der Waals surface area contributed by atoms with Crippen LogP contribution in [0.5, 0.6) is 0 Å². The molecule has 1 atom stereocenters. The Morgan fingerprint density at radius 2 is 2.33 bits per heavy atom. The Balaban J connectivity index is 2.39. The van der Waals surface area contributed by atoms with Gasteiger partial charge in [0.05, 0.1) is 11.2 Å². The van der Waals surface area contributed by atoms with Crippen molar-refractivity contribution in [2.75, 3.05) is 18.0 Å². The van der Waals surface area contributed by atoms with Crippen LogP contribution in [0.2, 0.25) is 0 Å². The molecule has 1 aliphatic heterocycles. The van der Waals surface area contributed by atoms with Crippen molar-refractivity contribution in [2.45, 2.75) is 32.3 Å². The van der Waals surface area contributed by atoms with Gasteiger partial charge in [-0.05, 0) is 38.3 Å². The van der Waals surface area contributed by atoms with E-state index in [0.29, 0.717) is 11.5 Å². The van der Waals surface area contributed by atoms with Crippen LogP contribution < -0.4 is 10.6 Å². The fourth-order valence-electron chi connectivity index (χ4n) is 2.49. The first-order valence-electron chi connectivity index (χ1n) is 6.13. The van der Waals surface area contributed by atoms with Crippen LogP contribution >= 0.6 is 12.2 Å². The van der Waals surface area contributed by atoms with Gasteiger partial charge in [0.1, 0.15) is 10.8 Å². The summed E-state index contributed by atoms with van der Waals surface area (Å²) in [4.78, 5) is 6.83. The number of anilines is 1. The Morgan fingerprint density at radius 1 is 1.61 bits per heavy atom. The SMILES string of the molecule is Cc1ccnc(N2CCCC(C)(O)C2)c1C(N)=S. The van der Waals surface area contributed by atoms with Crippen LogP contribution in [0.1, 0.15) is 30.9 Å². The minimum atomic E-state index is -0.669. The van der Waals surface area contributed by atoms with Crippen molar-refractivity contribution in [3.05, 3.63) is 23.4 Å². The smallest absolute Gasteiger partial charge is 0.139 e. The number of hydrogen-bond donors (Lipinski definition) is 2. The van der Waals surface area contributed by atoms with Crippen LogP contribution in [-0.4, -0.2) is 33.8 Å². The third-order valence-electron chi connectivity index (χ3n) is 3.36. The second-order valence-corrected chi connectivity index (χ2v) is 5.65. The lowest BCUT2D eigenvalue weighted by Gasteiger charge is -2.38. The Labute approximate surface area is 113 Å². The van der Waals surface area contributed by atoms with Gasteiger partial charge in [-0.3, -0.25) is 0 Å². The fraction of sp³-hybridized carbons (Fsp3) is 0.538. The van der Waals surface area contributed by atoms with E-state index in [9.17, 15) is 5.11 Å². The van der Waals surface area contributed by atoms with Gasteiger partial charge in [0.15, 0.2) is 0 Å². The van der Waals surface area contributed by atoms with Crippen LogP contribution in [0.3, 0.4) is 0 Å². The number of nitrogens with two attached hydrogens (primary N) is 1. The van der Waals surface area contributed by atoms with Gasteiger partial charge >= 0.3 is 0 Å². The lowest BCUT2D eigenvalue weighted by molar-refractivity contribution is 0.0447. The average Bonchev–Trinajstić information content (AvgIpc) is 2.26. The summed E-state index contributed by atoms with van der Waals surface area (Å²) < 4.78 is 0. The van der Waals surface area contributed by atoms with E-state index in [-0.39, 0.29) is 0 Å². The second-order valence-electron chi connectivity index (χ2n) is 5.21. The number of thiocarbonyl (C=S) groups is 1. The molecule has 0 radical (unpaired) electrons. The standard InChI is InChI=1S/C13H19N3OS/c1-9-4-6-15-12(10(9)11(14)18)16-7-3-5-13(2,17)8-16/h4,6,17H,3,5,7-8H2,1-2H3,(H2,14,18). The number of β-amino-alcohol motifs (C(OH)–C–C–N with tert-alkyl or cyclic N) is 1. The average molecular weight is 265 g/mol. The first-order chi connectivity index (χ1) is 8.41. The third-order valence-corrected chi connectivity index (χ3v) is 3.56. The highest BCUT2D eigenvalue weighted by molar-refractivity contribution is 7.80. The highest BCUT2D eigenvalue weighted by Gasteiger charge is 2.30. The van der Waals surface area contributed by atoms with Gasteiger partial charge in [-0.2, -0.15) is 0 Å². The number of aromatic nitrogens is 1. The molecule has 1 aromatic heterocycles. The summed E-state index contributed by atoms with van der Waals surface area (Å²) in [5.74, 6) is 0.794. The predicted octanol–water partition coefficient (Wildman–Crippen LogP) is 1.38. The van der Waals surface area contributed by atoms with Crippen LogP contribution in [0.4, 0.5) is 5.82 Å². The van der Waals surface area contributed by atoms with Crippen molar-refractivity contribution in [3.8, 4) is 0 Å². The molecule has 0 amide bonds. The molecule has 0 saturated carbocycles. The zero-order valence-corrected chi connectivity index (χ0v) is 11.6.